The minimum atomic E-state index is -1.08. The average Bonchev–Trinajstić information content (AvgIpc) is 4.05. The quantitative estimate of drug-likeness (QED) is 0.0923. The summed E-state index contributed by atoms with van der Waals surface area (Å²) in [5.41, 5.74) is 3.20. The number of likely N-dealkylation sites (tertiary alicyclic amines) is 2. The van der Waals surface area contributed by atoms with Crippen molar-refractivity contribution in [3.8, 4) is 21.1 Å². The lowest BCUT2D eigenvalue weighted by molar-refractivity contribution is -0.135. The SMILES string of the molecule is COC(=O)N[C@H](C(=O)N1CCC[C@H]1c1ncc(-c2cc3c(C)c4sc(-c5cnc([C@@H]6CCCN6C[C@@](C=O)(NC(=O)OC)C(C)C)[nH]5)cc4c(C)c3s2)[nH]1)C(C)C. The second-order valence-corrected chi connectivity index (χ2v) is 18.0. The molecule has 0 bridgehead atoms. The van der Waals surface area contributed by atoms with Gasteiger partial charge in [-0.25, -0.2) is 19.6 Å². The zero-order valence-electron chi connectivity index (χ0n) is 33.8. The largest absolute Gasteiger partial charge is 0.453 e. The van der Waals surface area contributed by atoms with E-state index in [4.69, 9.17) is 19.4 Å². The minimum Gasteiger partial charge on any atom is -0.453 e. The molecule has 0 spiro atoms. The number of methoxy groups -OCH3 is 2. The van der Waals surface area contributed by atoms with Crippen LogP contribution in [0.4, 0.5) is 9.59 Å². The third kappa shape index (κ3) is 7.54. The van der Waals surface area contributed by atoms with Gasteiger partial charge in [0.2, 0.25) is 5.91 Å². The maximum atomic E-state index is 13.7. The lowest BCUT2D eigenvalue weighted by atomic mass is 9.87. The Hall–Kier alpha value is -4.80. The lowest BCUT2D eigenvalue weighted by Crippen LogP contribution is -2.60. The Labute approximate surface area is 340 Å². The Morgan fingerprint density at radius 1 is 0.877 bits per heavy atom. The fourth-order valence-corrected chi connectivity index (χ4v) is 10.7. The van der Waals surface area contributed by atoms with Crippen LogP contribution in [0.25, 0.3) is 41.3 Å². The number of rotatable bonds is 12. The van der Waals surface area contributed by atoms with Crippen LogP contribution in [0.1, 0.15) is 88.2 Å². The fourth-order valence-electron chi connectivity index (χ4n) is 8.33. The molecular weight excluding hydrogens is 765 g/mol. The number of benzene rings is 1. The molecule has 7 rings (SSSR count). The number of alkyl carbamates (subject to hydrolysis) is 2. The summed E-state index contributed by atoms with van der Waals surface area (Å²) in [5.74, 6) is 1.21. The molecule has 4 N–H and O–H groups in total. The molecule has 0 radical (unpaired) electrons. The van der Waals surface area contributed by atoms with Crippen LogP contribution >= 0.6 is 22.7 Å². The van der Waals surface area contributed by atoms with Crippen molar-refractivity contribution in [2.24, 2.45) is 11.8 Å². The Balaban J connectivity index is 1.12. The van der Waals surface area contributed by atoms with Gasteiger partial charge in [-0.1, -0.05) is 27.7 Å². The second kappa shape index (κ2) is 16.2. The second-order valence-electron chi connectivity index (χ2n) is 15.9. The van der Waals surface area contributed by atoms with Gasteiger partial charge in [-0.15, -0.1) is 22.7 Å². The maximum absolute atomic E-state index is 13.7. The highest BCUT2D eigenvalue weighted by atomic mass is 32.1. The Bertz CT molecular complexity index is 2250. The summed E-state index contributed by atoms with van der Waals surface area (Å²) in [7, 11) is 2.60. The lowest BCUT2D eigenvalue weighted by Gasteiger charge is -2.37. The normalized spacial score (nSPS) is 19.1. The van der Waals surface area contributed by atoms with Crippen molar-refractivity contribution < 1.29 is 28.7 Å². The van der Waals surface area contributed by atoms with Crippen molar-refractivity contribution in [1.82, 2.24) is 40.4 Å². The number of carbonyl (C=O) groups excluding carboxylic acids is 4. The Morgan fingerprint density at radius 3 is 1.95 bits per heavy atom. The van der Waals surface area contributed by atoms with Gasteiger partial charge >= 0.3 is 12.2 Å². The van der Waals surface area contributed by atoms with Gasteiger partial charge in [0.1, 0.15) is 29.5 Å². The van der Waals surface area contributed by atoms with Crippen molar-refractivity contribution in [2.75, 3.05) is 33.9 Å². The van der Waals surface area contributed by atoms with Gasteiger partial charge in [-0.3, -0.25) is 9.69 Å². The molecule has 2 fully saturated rings. The standard InChI is InChI=1S/C41H52N8O6S2/c1-21(2)33(46-39(52)54-7)38(51)49-14-10-12-30(49)37-43-18-28(45-37)32-16-26-24(6)34-25(23(5)35(26)57-32)15-31(56-34)27-17-42-36(44-27)29-11-9-13-48(29)19-41(20-50,22(3)4)47-40(53)55-8/h15-18,20-22,29-30,33H,9-14,19H2,1-8H3,(H,42,44)(H,43,45)(H,46,52)(H,47,53)/t29-,30-,33-,41-/m0/s1. The predicted octanol–water partition coefficient (Wildman–Crippen LogP) is 7.64. The number of carbonyl (C=O) groups is 4. The topological polar surface area (TPSA) is 175 Å². The van der Waals surface area contributed by atoms with Crippen molar-refractivity contribution in [2.45, 2.75) is 90.9 Å². The molecule has 5 aromatic rings. The minimum absolute atomic E-state index is 0.0151. The Kier molecular flexibility index (Phi) is 11.5. The van der Waals surface area contributed by atoms with Crippen LogP contribution in [0, 0.1) is 25.7 Å². The summed E-state index contributed by atoms with van der Waals surface area (Å²) in [6, 6.07) is 3.58. The molecule has 1 aromatic carbocycles. The number of fused-ring (bicyclic) bond motifs is 2. The van der Waals surface area contributed by atoms with Gasteiger partial charge < -0.3 is 39.8 Å². The molecule has 4 atom stereocenters. The van der Waals surface area contributed by atoms with Crippen LogP contribution in [-0.2, 0) is 19.1 Å². The number of imidazole rings is 2. The molecular formula is C41H52N8O6S2. The Morgan fingerprint density at radius 2 is 1.42 bits per heavy atom. The molecule has 304 valence electrons. The van der Waals surface area contributed by atoms with E-state index in [0.29, 0.717) is 13.1 Å². The summed E-state index contributed by atoms with van der Waals surface area (Å²) >= 11 is 3.48. The summed E-state index contributed by atoms with van der Waals surface area (Å²) in [6.07, 6.45) is 6.84. The molecule has 3 amide bonds. The molecule has 57 heavy (non-hydrogen) atoms. The number of ether oxygens (including phenoxy) is 2. The number of aryl methyl sites for hydroxylation is 2. The summed E-state index contributed by atoms with van der Waals surface area (Å²) in [4.78, 5) is 73.4. The van der Waals surface area contributed by atoms with Gasteiger partial charge in [0.25, 0.3) is 0 Å². The maximum Gasteiger partial charge on any atom is 0.407 e. The number of hydrogen-bond donors (Lipinski definition) is 4. The molecule has 0 aliphatic carbocycles. The zero-order chi connectivity index (χ0) is 40.8. The monoisotopic (exact) mass is 816 g/mol. The number of nitrogens with one attached hydrogen (secondary N) is 4. The highest BCUT2D eigenvalue weighted by molar-refractivity contribution is 7.24. The summed E-state index contributed by atoms with van der Waals surface area (Å²) in [6.45, 7) is 13.8. The van der Waals surface area contributed by atoms with Crippen molar-refractivity contribution >= 4 is 67.2 Å². The number of aromatic nitrogens is 4. The van der Waals surface area contributed by atoms with E-state index in [2.05, 4.69) is 51.5 Å². The first-order valence-corrected chi connectivity index (χ1v) is 21.2. The third-order valence-corrected chi connectivity index (χ3v) is 14.4. The van der Waals surface area contributed by atoms with Gasteiger partial charge in [-0.05, 0) is 91.9 Å². The molecule has 4 aromatic heterocycles. The van der Waals surface area contributed by atoms with Crippen molar-refractivity contribution in [3.05, 3.63) is 47.3 Å². The van der Waals surface area contributed by atoms with E-state index in [0.717, 1.165) is 71.3 Å². The highest BCUT2D eigenvalue weighted by Gasteiger charge is 2.42. The van der Waals surface area contributed by atoms with Crippen LogP contribution in [-0.4, -0.2) is 99.6 Å². The predicted molar refractivity (Wildman–Crippen MR) is 222 cm³/mol. The van der Waals surface area contributed by atoms with Crippen LogP contribution in [0.3, 0.4) is 0 Å². The third-order valence-electron chi connectivity index (χ3n) is 11.8. The summed E-state index contributed by atoms with van der Waals surface area (Å²) < 4.78 is 12.1. The van der Waals surface area contributed by atoms with Gasteiger partial charge in [-0.2, -0.15) is 0 Å². The van der Waals surface area contributed by atoms with Crippen LogP contribution < -0.4 is 10.6 Å². The molecule has 2 aliphatic rings. The molecule has 14 nitrogen and oxygen atoms in total. The number of H-pyrrole nitrogens is 2. The highest BCUT2D eigenvalue weighted by Crippen LogP contribution is 2.45. The first kappa shape index (κ1) is 40.4. The van der Waals surface area contributed by atoms with E-state index in [9.17, 15) is 19.2 Å². The van der Waals surface area contributed by atoms with E-state index in [1.54, 1.807) is 22.7 Å². The van der Waals surface area contributed by atoms with Crippen LogP contribution in [0.15, 0.2) is 24.5 Å². The van der Waals surface area contributed by atoms with E-state index in [1.165, 1.54) is 45.5 Å². The molecule has 0 saturated carbocycles. The van der Waals surface area contributed by atoms with E-state index in [1.807, 2.05) is 45.0 Å². The fraction of sp³-hybridized carbons (Fsp3) is 0.512. The molecule has 6 heterocycles. The van der Waals surface area contributed by atoms with Crippen molar-refractivity contribution in [1.29, 1.82) is 0 Å². The van der Waals surface area contributed by atoms with Gasteiger partial charge in [0.05, 0.1) is 59.8 Å². The summed E-state index contributed by atoms with van der Waals surface area (Å²) in [5, 5.41) is 7.93. The van der Waals surface area contributed by atoms with Crippen LogP contribution in [0.2, 0.25) is 0 Å². The molecule has 16 heteroatoms. The number of hydrogen-bond acceptors (Lipinski definition) is 11. The van der Waals surface area contributed by atoms with Crippen molar-refractivity contribution in [3.63, 3.8) is 0 Å². The zero-order valence-corrected chi connectivity index (χ0v) is 35.4. The molecule has 2 saturated heterocycles. The number of amides is 3. The number of nitrogens with zero attached hydrogens (tertiary/aromatic N) is 4. The number of thiophene rings is 2. The molecule has 0 unspecified atom stereocenters. The number of aromatic amines is 2. The van der Waals surface area contributed by atoms with E-state index < -0.39 is 23.8 Å². The van der Waals surface area contributed by atoms with Crippen LogP contribution in [0.5, 0.6) is 0 Å². The average molecular weight is 817 g/mol. The first-order valence-electron chi connectivity index (χ1n) is 19.6. The number of aldehydes is 1. The van der Waals surface area contributed by atoms with E-state index >= 15 is 0 Å². The van der Waals surface area contributed by atoms with Gasteiger partial charge in [0, 0.05) is 22.5 Å². The smallest absolute Gasteiger partial charge is 0.407 e. The first-order chi connectivity index (χ1) is 27.3. The van der Waals surface area contributed by atoms with Gasteiger partial charge in [0.15, 0.2) is 0 Å². The molecule has 2 aliphatic heterocycles. The van der Waals surface area contributed by atoms with E-state index in [-0.39, 0.29) is 29.8 Å².